The zero-order chi connectivity index (χ0) is 17.6. The van der Waals surface area contributed by atoms with Crippen LogP contribution in [0.25, 0.3) is 5.69 Å². The molecule has 2 aromatic carbocycles. The molecule has 0 radical (unpaired) electrons. The van der Waals surface area contributed by atoms with Gasteiger partial charge < -0.3 is 10.1 Å². The molecular formula is C20H21N3O2. The van der Waals surface area contributed by atoms with Crippen LogP contribution in [0.2, 0.25) is 0 Å². The van der Waals surface area contributed by atoms with Crippen LogP contribution in [0.5, 0.6) is 5.75 Å². The van der Waals surface area contributed by atoms with Gasteiger partial charge in [0.15, 0.2) is 6.10 Å². The molecule has 0 aliphatic carbocycles. The van der Waals surface area contributed by atoms with Gasteiger partial charge in [0.1, 0.15) is 5.75 Å². The van der Waals surface area contributed by atoms with Crippen molar-refractivity contribution in [2.24, 2.45) is 0 Å². The van der Waals surface area contributed by atoms with E-state index < -0.39 is 6.10 Å². The third-order valence-corrected chi connectivity index (χ3v) is 3.83. The van der Waals surface area contributed by atoms with Crippen molar-refractivity contribution in [3.63, 3.8) is 0 Å². The van der Waals surface area contributed by atoms with E-state index in [0.717, 1.165) is 16.8 Å². The Labute approximate surface area is 147 Å². The van der Waals surface area contributed by atoms with Gasteiger partial charge in [0.25, 0.3) is 5.91 Å². The highest BCUT2D eigenvalue weighted by atomic mass is 16.5. The smallest absolute Gasteiger partial charge is 0.261 e. The fourth-order valence-corrected chi connectivity index (χ4v) is 2.38. The van der Waals surface area contributed by atoms with Crippen LogP contribution < -0.4 is 10.1 Å². The van der Waals surface area contributed by atoms with Crippen molar-refractivity contribution in [2.75, 3.05) is 0 Å². The summed E-state index contributed by atoms with van der Waals surface area (Å²) in [5, 5.41) is 7.20. The first-order valence-corrected chi connectivity index (χ1v) is 8.22. The fraction of sp³-hybridized carbons (Fsp3) is 0.200. The van der Waals surface area contributed by atoms with Crippen LogP contribution in [0.4, 0.5) is 0 Å². The molecule has 5 heteroatoms. The summed E-state index contributed by atoms with van der Waals surface area (Å²) >= 11 is 0. The minimum absolute atomic E-state index is 0.159. The Morgan fingerprint density at radius 1 is 1.16 bits per heavy atom. The molecule has 0 saturated heterocycles. The van der Waals surface area contributed by atoms with Gasteiger partial charge in [0.05, 0.1) is 11.9 Å². The van der Waals surface area contributed by atoms with Crippen LogP contribution in [-0.2, 0) is 11.3 Å². The first-order chi connectivity index (χ1) is 12.1. The molecule has 3 rings (SSSR count). The highest BCUT2D eigenvalue weighted by Gasteiger charge is 2.14. The van der Waals surface area contributed by atoms with E-state index >= 15 is 0 Å². The second-order valence-electron chi connectivity index (χ2n) is 5.92. The highest BCUT2D eigenvalue weighted by Crippen LogP contribution is 2.13. The molecule has 25 heavy (non-hydrogen) atoms. The number of nitrogens with zero attached hydrogens (tertiary/aromatic N) is 2. The molecule has 3 aromatic rings. The maximum Gasteiger partial charge on any atom is 0.261 e. The van der Waals surface area contributed by atoms with Gasteiger partial charge in [-0.15, -0.1) is 0 Å². The normalized spacial score (nSPS) is 11.8. The standard InChI is InChI=1S/C20H21N3O2/c1-15-8-10-19(11-9-15)25-16(2)20(24)21-12-17-13-22-23(14-17)18-6-4-3-5-7-18/h3-11,13-14,16H,12H2,1-2H3,(H,21,24). The summed E-state index contributed by atoms with van der Waals surface area (Å²) in [5.74, 6) is 0.526. The molecule has 1 unspecified atom stereocenters. The van der Waals surface area contributed by atoms with E-state index in [1.807, 2.05) is 67.7 Å². The maximum absolute atomic E-state index is 12.2. The second kappa shape index (κ2) is 7.66. The number of hydrogen-bond acceptors (Lipinski definition) is 3. The maximum atomic E-state index is 12.2. The van der Waals surface area contributed by atoms with Gasteiger partial charge in [0, 0.05) is 18.3 Å². The largest absolute Gasteiger partial charge is 0.481 e. The van der Waals surface area contributed by atoms with Crippen molar-refractivity contribution in [1.82, 2.24) is 15.1 Å². The van der Waals surface area contributed by atoms with Gasteiger partial charge in [-0.2, -0.15) is 5.10 Å². The number of amides is 1. The predicted octanol–water partition coefficient (Wildman–Crippen LogP) is 3.26. The van der Waals surface area contributed by atoms with E-state index in [0.29, 0.717) is 12.3 Å². The lowest BCUT2D eigenvalue weighted by Gasteiger charge is -2.14. The van der Waals surface area contributed by atoms with Crippen LogP contribution >= 0.6 is 0 Å². The van der Waals surface area contributed by atoms with Crippen LogP contribution in [0.1, 0.15) is 18.1 Å². The van der Waals surface area contributed by atoms with Gasteiger partial charge >= 0.3 is 0 Å². The highest BCUT2D eigenvalue weighted by molar-refractivity contribution is 5.80. The van der Waals surface area contributed by atoms with Crippen LogP contribution in [-0.4, -0.2) is 21.8 Å². The van der Waals surface area contributed by atoms with E-state index in [-0.39, 0.29) is 5.91 Å². The molecule has 0 bridgehead atoms. The second-order valence-corrected chi connectivity index (χ2v) is 5.92. The number of carbonyl (C=O) groups excluding carboxylic acids is 1. The van der Waals surface area contributed by atoms with Crippen molar-refractivity contribution in [1.29, 1.82) is 0 Å². The van der Waals surface area contributed by atoms with E-state index in [2.05, 4.69) is 10.4 Å². The zero-order valence-electron chi connectivity index (χ0n) is 14.3. The molecule has 128 valence electrons. The molecule has 1 aromatic heterocycles. The van der Waals surface area contributed by atoms with Gasteiger partial charge in [-0.3, -0.25) is 4.79 Å². The lowest BCUT2D eigenvalue weighted by Crippen LogP contribution is -2.35. The Morgan fingerprint density at radius 2 is 1.88 bits per heavy atom. The number of para-hydroxylation sites is 1. The topological polar surface area (TPSA) is 56.1 Å². The van der Waals surface area contributed by atoms with Crippen LogP contribution in [0.15, 0.2) is 67.0 Å². The van der Waals surface area contributed by atoms with E-state index in [9.17, 15) is 4.79 Å². The predicted molar refractivity (Wildman–Crippen MR) is 96.7 cm³/mol. The number of hydrogen-bond donors (Lipinski definition) is 1. The zero-order valence-corrected chi connectivity index (χ0v) is 14.3. The Kier molecular flexibility index (Phi) is 5.14. The van der Waals surface area contributed by atoms with Crippen LogP contribution in [0.3, 0.4) is 0 Å². The molecule has 1 heterocycles. The molecule has 1 atom stereocenters. The summed E-state index contributed by atoms with van der Waals surface area (Å²) in [7, 11) is 0. The Balaban J connectivity index is 1.53. The van der Waals surface area contributed by atoms with E-state index in [4.69, 9.17) is 4.74 Å². The van der Waals surface area contributed by atoms with Gasteiger partial charge in [-0.05, 0) is 38.1 Å². The van der Waals surface area contributed by atoms with Crippen molar-refractivity contribution >= 4 is 5.91 Å². The van der Waals surface area contributed by atoms with Gasteiger partial charge in [-0.25, -0.2) is 4.68 Å². The lowest BCUT2D eigenvalue weighted by molar-refractivity contribution is -0.127. The van der Waals surface area contributed by atoms with E-state index in [1.165, 1.54) is 0 Å². The first kappa shape index (κ1) is 16.8. The molecular weight excluding hydrogens is 314 g/mol. The number of nitrogens with one attached hydrogen (secondary N) is 1. The molecule has 0 saturated carbocycles. The summed E-state index contributed by atoms with van der Waals surface area (Å²) in [6, 6.07) is 17.5. The summed E-state index contributed by atoms with van der Waals surface area (Å²) in [5.41, 5.74) is 3.07. The number of aromatic nitrogens is 2. The third-order valence-electron chi connectivity index (χ3n) is 3.83. The number of ether oxygens (including phenoxy) is 1. The SMILES string of the molecule is Cc1ccc(OC(C)C(=O)NCc2cnn(-c3ccccc3)c2)cc1. The Bertz CT molecular complexity index is 826. The number of carbonyl (C=O) groups is 1. The third kappa shape index (κ3) is 4.47. The average molecular weight is 335 g/mol. The minimum atomic E-state index is -0.563. The monoisotopic (exact) mass is 335 g/mol. The molecule has 0 aliphatic rings. The molecule has 0 fully saturated rings. The Morgan fingerprint density at radius 3 is 2.60 bits per heavy atom. The summed E-state index contributed by atoms with van der Waals surface area (Å²) in [6.07, 6.45) is 3.09. The molecule has 1 N–H and O–H groups in total. The molecule has 5 nitrogen and oxygen atoms in total. The van der Waals surface area contributed by atoms with Crippen molar-refractivity contribution in [3.05, 3.63) is 78.1 Å². The molecule has 0 spiro atoms. The quantitative estimate of drug-likeness (QED) is 0.752. The lowest BCUT2D eigenvalue weighted by atomic mass is 10.2. The Hall–Kier alpha value is -3.08. The summed E-state index contributed by atoms with van der Waals surface area (Å²) in [6.45, 7) is 4.16. The summed E-state index contributed by atoms with van der Waals surface area (Å²) < 4.78 is 7.45. The number of benzene rings is 2. The number of aryl methyl sites for hydroxylation is 1. The average Bonchev–Trinajstić information content (AvgIpc) is 3.11. The van der Waals surface area contributed by atoms with Gasteiger partial charge in [-0.1, -0.05) is 35.9 Å². The van der Waals surface area contributed by atoms with Crippen molar-refractivity contribution in [3.8, 4) is 11.4 Å². The van der Waals surface area contributed by atoms with E-state index in [1.54, 1.807) is 17.8 Å². The molecule has 1 amide bonds. The van der Waals surface area contributed by atoms with Gasteiger partial charge in [0.2, 0.25) is 0 Å². The fourth-order valence-electron chi connectivity index (χ4n) is 2.38. The minimum Gasteiger partial charge on any atom is -0.481 e. The van der Waals surface area contributed by atoms with Crippen molar-refractivity contribution < 1.29 is 9.53 Å². The van der Waals surface area contributed by atoms with Crippen molar-refractivity contribution in [2.45, 2.75) is 26.5 Å². The van der Waals surface area contributed by atoms with Crippen LogP contribution in [0, 0.1) is 6.92 Å². The number of rotatable bonds is 6. The summed E-state index contributed by atoms with van der Waals surface area (Å²) in [4.78, 5) is 12.2. The molecule has 0 aliphatic heterocycles. The first-order valence-electron chi connectivity index (χ1n) is 8.22.